The minimum Gasteiger partial charge on any atom is -0.444 e. The molecule has 11 nitrogen and oxygen atoms in total. The zero-order valence-corrected chi connectivity index (χ0v) is 25.4. The number of carbonyl (C=O) groups is 6. The highest BCUT2D eigenvalue weighted by molar-refractivity contribution is 6.15. The fraction of sp³-hybridized carbons (Fsp3) is 0.625. The summed E-state index contributed by atoms with van der Waals surface area (Å²) >= 11 is 0. The van der Waals surface area contributed by atoms with Crippen molar-refractivity contribution in [2.45, 2.75) is 71.3 Å². The van der Waals surface area contributed by atoms with E-state index in [4.69, 9.17) is 4.74 Å². The van der Waals surface area contributed by atoms with Crippen LogP contribution in [0.5, 0.6) is 0 Å². The number of nitrogens with one attached hydrogen (secondary N) is 1. The van der Waals surface area contributed by atoms with Crippen molar-refractivity contribution < 1.29 is 33.5 Å². The smallest absolute Gasteiger partial charge is 0.410 e. The third-order valence-electron chi connectivity index (χ3n) is 9.04. The Morgan fingerprint density at radius 3 is 2.16 bits per heavy atom. The van der Waals surface area contributed by atoms with Gasteiger partial charge in [0.2, 0.25) is 17.7 Å². The highest BCUT2D eigenvalue weighted by Crippen LogP contribution is 2.34. The number of piperazine rings is 1. The number of Topliss-reactive ketones (excluding diaryl/α,β-unsaturated/α-hetero) is 2. The van der Waals surface area contributed by atoms with Crippen LogP contribution in [0.4, 0.5) is 10.5 Å². The number of ether oxygens (including phenoxy) is 1. The largest absolute Gasteiger partial charge is 0.444 e. The van der Waals surface area contributed by atoms with Gasteiger partial charge in [0, 0.05) is 86.7 Å². The van der Waals surface area contributed by atoms with Crippen molar-refractivity contribution in [1.82, 2.24) is 15.1 Å². The number of benzene rings is 1. The first kappa shape index (κ1) is 30.7. The lowest BCUT2D eigenvalue weighted by molar-refractivity contribution is -0.138. The summed E-state index contributed by atoms with van der Waals surface area (Å²) in [6.45, 7) is 8.75. The van der Waals surface area contributed by atoms with Crippen LogP contribution in [-0.4, -0.2) is 90.1 Å². The molecule has 1 aliphatic carbocycles. The molecule has 232 valence electrons. The Balaban J connectivity index is 1.12. The van der Waals surface area contributed by atoms with Crippen LogP contribution in [0.3, 0.4) is 0 Å². The van der Waals surface area contributed by atoms with Crippen LogP contribution >= 0.6 is 0 Å². The summed E-state index contributed by atoms with van der Waals surface area (Å²) in [4.78, 5) is 81.1. The third-order valence-corrected chi connectivity index (χ3v) is 9.04. The zero-order valence-electron chi connectivity index (χ0n) is 25.4. The SMILES string of the molecule is CC(C)(C)OC(=O)N1CCN(C(=O)C2CCN(c3ccc4c(c3)C(=O)CC(CCC3CCC(=O)NC3=O)C4=O)CC2)CC1. The topological polar surface area (TPSA) is 133 Å². The van der Waals surface area contributed by atoms with Gasteiger partial charge in [0.05, 0.1) is 0 Å². The first-order chi connectivity index (χ1) is 20.4. The van der Waals surface area contributed by atoms with Gasteiger partial charge in [-0.25, -0.2) is 4.79 Å². The van der Waals surface area contributed by atoms with E-state index in [-0.39, 0.29) is 53.6 Å². The van der Waals surface area contributed by atoms with Crippen LogP contribution < -0.4 is 10.2 Å². The van der Waals surface area contributed by atoms with Crippen molar-refractivity contribution in [3.8, 4) is 0 Å². The Bertz CT molecular complexity index is 1300. The predicted octanol–water partition coefficient (Wildman–Crippen LogP) is 3.20. The van der Waals surface area contributed by atoms with Crippen LogP contribution in [0.1, 0.15) is 86.4 Å². The molecule has 3 fully saturated rings. The van der Waals surface area contributed by atoms with Crippen molar-refractivity contribution in [3.63, 3.8) is 0 Å². The van der Waals surface area contributed by atoms with Gasteiger partial charge < -0.3 is 19.4 Å². The van der Waals surface area contributed by atoms with E-state index in [1.165, 1.54) is 0 Å². The van der Waals surface area contributed by atoms with Gasteiger partial charge in [0.25, 0.3) is 0 Å². The molecule has 2 atom stereocenters. The van der Waals surface area contributed by atoms with Crippen molar-refractivity contribution in [1.29, 1.82) is 0 Å². The molecule has 3 heterocycles. The van der Waals surface area contributed by atoms with Crippen molar-refractivity contribution in [3.05, 3.63) is 29.3 Å². The quantitative estimate of drug-likeness (QED) is 0.514. The monoisotopic (exact) mass is 594 g/mol. The molecule has 3 aliphatic heterocycles. The van der Waals surface area contributed by atoms with E-state index in [0.717, 1.165) is 5.69 Å². The van der Waals surface area contributed by atoms with Gasteiger partial charge in [-0.05, 0) is 71.1 Å². The maximum Gasteiger partial charge on any atom is 0.410 e. The molecule has 5 rings (SSSR count). The molecule has 0 saturated carbocycles. The van der Waals surface area contributed by atoms with Gasteiger partial charge in [-0.3, -0.25) is 29.3 Å². The highest BCUT2D eigenvalue weighted by Gasteiger charge is 2.36. The molecule has 0 aromatic heterocycles. The molecule has 43 heavy (non-hydrogen) atoms. The number of carbonyl (C=O) groups excluding carboxylic acids is 6. The summed E-state index contributed by atoms with van der Waals surface area (Å²) in [6, 6.07) is 5.43. The summed E-state index contributed by atoms with van der Waals surface area (Å²) < 4.78 is 5.45. The second-order valence-electron chi connectivity index (χ2n) is 13.2. The minimum absolute atomic E-state index is 0.0653. The molecular formula is C32H42N4O7. The summed E-state index contributed by atoms with van der Waals surface area (Å²) in [5.74, 6) is -1.41. The summed E-state index contributed by atoms with van der Waals surface area (Å²) in [7, 11) is 0. The van der Waals surface area contributed by atoms with Crippen LogP contribution in [-0.2, 0) is 19.1 Å². The summed E-state index contributed by atoms with van der Waals surface area (Å²) in [5, 5.41) is 2.35. The highest BCUT2D eigenvalue weighted by atomic mass is 16.6. The summed E-state index contributed by atoms with van der Waals surface area (Å²) in [6.07, 6.45) is 2.86. The van der Waals surface area contributed by atoms with Crippen molar-refractivity contribution in [2.75, 3.05) is 44.2 Å². The number of anilines is 1. The number of hydrogen-bond acceptors (Lipinski definition) is 8. The standard InChI is InChI=1S/C32H42N4O7/c1-32(2,3)43-31(42)36-16-14-35(15-17-36)30(41)21-10-12-34(13-11-21)23-7-8-24-25(19-23)26(37)18-22(28(24)39)5-4-20-6-9-27(38)33-29(20)40/h7-8,19-22H,4-6,9-18H2,1-3H3,(H,33,38,40). The van der Waals surface area contributed by atoms with E-state index in [0.29, 0.717) is 88.9 Å². The molecule has 4 aliphatic rings. The maximum absolute atomic E-state index is 13.3. The second kappa shape index (κ2) is 12.5. The first-order valence-corrected chi connectivity index (χ1v) is 15.5. The lowest BCUT2D eigenvalue weighted by atomic mass is 9.78. The van der Waals surface area contributed by atoms with E-state index in [9.17, 15) is 28.8 Å². The number of amides is 4. The van der Waals surface area contributed by atoms with Gasteiger partial charge >= 0.3 is 6.09 Å². The van der Waals surface area contributed by atoms with E-state index in [2.05, 4.69) is 10.2 Å². The van der Waals surface area contributed by atoms with Crippen LogP contribution in [0, 0.1) is 17.8 Å². The van der Waals surface area contributed by atoms with Gasteiger partial charge in [0.15, 0.2) is 11.6 Å². The molecular weight excluding hydrogens is 552 g/mol. The Hall–Kier alpha value is -3.76. The normalized spacial score (nSPS) is 23.7. The Morgan fingerprint density at radius 2 is 1.51 bits per heavy atom. The molecule has 0 bridgehead atoms. The number of nitrogens with zero attached hydrogens (tertiary/aromatic N) is 3. The molecule has 2 unspecified atom stereocenters. The van der Waals surface area contributed by atoms with E-state index in [1.807, 2.05) is 37.8 Å². The van der Waals surface area contributed by atoms with Crippen LogP contribution in [0.15, 0.2) is 18.2 Å². The average Bonchev–Trinajstić information content (AvgIpc) is 2.97. The average molecular weight is 595 g/mol. The molecule has 4 amide bonds. The predicted molar refractivity (Wildman–Crippen MR) is 158 cm³/mol. The number of hydrogen-bond donors (Lipinski definition) is 1. The Kier molecular flexibility index (Phi) is 8.89. The molecule has 1 aromatic carbocycles. The number of fused-ring (bicyclic) bond motifs is 1. The zero-order chi connectivity index (χ0) is 30.9. The van der Waals surface area contributed by atoms with E-state index in [1.54, 1.807) is 11.0 Å². The molecule has 0 radical (unpaired) electrons. The second-order valence-corrected chi connectivity index (χ2v) is 13.2. The third kappa shape index (κ3) is 7.08. The fourth-order valence-corrected chi connectivity index (χ4v) is 6.55. The first-order valence-electron chi connectivity index (χ1n) is 15.5. The van der Waals surface area contributed by atoms with Crippen molar-refractivity contribution >= 4 is 41.1 Å². The lowest BCUT2D eigenvalue weighted by Gasteiger charge is -2.39. The van der Waals surface area contributed by atoms with Gasteiger partial charge in [0.1, 0.15) is 5.60 Å². The maximum atomic E-state index is 13.3. The minimum atomic E-state index is -0.555. The van der Waals surface area contributed by atoms with Crippen LogP contribution in [0.2, 0.25) is 0 Å². The van der Waals surface area contributed by atoms with Crippen LogP contribution in [0.25, 0.3) is 0 Å². The van der Waals surface area contributed by atoms with E-state index < -0.39 is 11.5 Å². The van der Waals surface area contributed by atoms with Crippen molar-refractivity contribution in [2.24, 2.45) is 17.8 Å². The number of rotatable bonds is 5. The van der Waals surface area contributed by atoms with E-state index >= 15 is 0 Å². The van der Waals surface area contributed by atoms with Gasteiger partial charge in [-0.15, -0.1) is 0 Å². The van der Waals surface area contributed by atoms with Gasteiger partial charge in [-0.1, -0.05) is 0 Å². The number of imide groups is 1. The summed E-state index contributed by atoms with van der Waals surface area (Å²) in [5.41, 5.74) is 1.20. The number of ketones is 2. The Labute approximate surface area is 252 Å². The Morgan fingerprint density at radius 1 is 0.860 bits per heavy atom. The fourth-order valence-electron chi connectivity index (χ4n) is 6.55. The molecule has 3 saturated heterocycles. The lowest BCUT2D eigenvalue weighted by Crippen LogP contribution is -2.53. The molecule has 1 aromatic rings. The molecule has 1 N–H and O–H groups in total. The molecule has 0 spiro atoms. The van der Waals surface area contributed by atoms with Gasteiger partial charge in [-0.2, -0.15) is 0 Å². The number of piperidine rings is 2. The molecule has 11 heteroatoms.